The van der Waals surface area contributed by atoms with Crippen LogP contribution in [0.3, 0.4) is 0 Å². The van der Waals surface area contributed by atoms with Crippen molar-refractivity contribution in [3.63, 3.8) is 0 Å². The Labute approximate surface area is 153 Å². The van der Waals surface area contributed by atoms with Gasteiger partial charge in [0.2, 0.25) is 11.8 Å². The van der Waals surface area contributed by atoms with Crippen molar-refractivity contribution < 1.29 is 9.59 Å². The third-order valence-electron chi connectivity index (χ3n) is 4.97. The predicted molar refractivity (Wildman–Crippen MR) is 96.6 cm³/mol. The zero-order chi connectivity index (χ0) is 17.8. The number of carbonyl (C=O) groups excluding carboxylic acids is 2. The van der Waals surface area contributed by atoms with Crippen LogP contribution in [-0.2, 0) is 16.0 Å². The summed E-state index contributed by atoms with van der Waals surface area (Å²) in [4.78, 5) is 24.1. The lowest BCUT2D eigenvalue weighted by molar-refractivity contribution is -0.126. The molecule has 0 radical (unpaired) electrons. The number of nitrogens with one attached hydrogen (secondary N) is 3. The van der Waals surface area contributed by atoms with Crippen LogP contribution in [0.4, 0.5) is 0 Å². The topological polar surface area (TPSA) is 91.8 Å². The van der Waals surface area contributed by atoms with Crippen molar-refractivity contribution in [3.05, 3.63) is 10.6 Å². The molecule has 2 amide bonds. The second-order valence-electron chi connectivity index (χ2n) is 7.24. The summed E-state index contributed by atoms with van der Waals surface area (Å²) in [6.07, 6.45) is 7.45. The molecule has 0 aliphatic heterocycles. The molecule has 0 aromatic carbocycles. The average Bonchev–Trinajstić information content (AvgIpc) is 3.09. The SMILES string of the molecule is CC(CC(=O)NCCc1n[nH]c(=S)n1C1CC1)NC(=O)C1CCCC1. The van der Waals surface area contributed by atoms with E-state index in [1.807, 2.05) is 6.92 Å². The van der Waals surface area contributed by atoms with E-state index in [0.29, 0.717) is 30.2 Å². The standard InChI is InChI=1S/C17H27N5O2S/c1-11(19-16(24)12-4-2-3-5-12)10-15(23)18-9-8-14-20-21-17(25)22(14)13-6-7-13/h11-13H,2-10H2,1H3,(H,18,23)(H,19,24)(H,21,25). The fourth-order valence-corrected chi connectivity index (χ4v) is 3.79. The van der Waals surface area contributed by atoms with Crippen LogP contribution in [0.5, 0.6) is 0 Å². The third-order valence-corrected chi connectivity index (χ3v) is 5.25. The number of aromatic nitrogens is 3. The summed E-state index contributed by atoms with van der Waals surface area (Å²) in [5, 5.41) is 13.0. The highest BCUT2D eigenvalue weighted by Gasteiger charge is 2.27. The maximum absolute atomic E-state index is 12.1. The summed E-state index contributed by atoms with van der Waals surface area (Å²) in [7, 11) is 0. The molecule has 2 aliphatic rings. The van der Waals surface area contributed by atoms with Crippen LogP contribution in [-0.4, -0.2) is 39.2 Å². The summed E-state index contributed by atoms with van der Waals surface area (Å²) >= 11 is 5.25. The number of hydrogen-bond donors (Lipinski definition) is 3. The zero-order valence-electron chi connectivity index (χ0n) is 14.7. The fourth-order valence-electron chi connectivity index (χ4n) is 3.49. The molecule has 1 aromatic rings. The van der Waals surface area contributed by atoms with Gasteiger partial charge >= 0.3 is 0 Å². The molecule has 2 fully saturated rings. The van der Waals surface area contributed by atoms with Gasteiger partial charge in [-0.1, -0.05) is 12.8 Å². The smallest absolute Gasteiger partial charge is 0.223 e. The first-order valence-corrected chi connectivity index (χ1v) is 9.68. The van der Waals surface area contributed by atoms with Crippen LogP contribution in [0.25, 0.3) is 0 Å². The Morgan fingerprint density at radius 3 is 2.72 bits per heavy atom. The van der Waals surface area contributed by atoms with Crippen molar-refractivity contribution in [2.75, 3.05) is 6.54 Å². The summed E-state index contributed by atoms with van der Waals surface area (Å²) in [5.41, 5.74) is 0. The van der Waals surface area contributed by atoms with Gasteiger partial charge in [0.15, 0.2) is 4.77 Å². The van der Waals surface area contributed by atoms with Crippen molar-refractivity contribution in [2.45, 2.75) is 70.4 Å². The third kappa shape index (κ3) is 4.90. The van der Waals surface area contributed by atoms with Crippen LogP contribution >= 0.6 is 12.2 Å². The van der Waals surface area contributed by atoms with Gasteiger partial charge < -0.3 is 15.2 Å². The van der Waals surface area contributed by atoms with Gasteiger partial charge in [-0.25, -0.2) is 0 Å². The molecule has 2 aliphatic carbocycles. The van der Waals surface area contributed by atoms with Crippen LogP contribution in [0.1, 0.15) is 63.7 Å². The van der Waals surface area contributed by atoms with E-state index < -0.39 is 0 Å². The van der Waals surface area contributed by atoms with Gasteiger partial charge in [-0.15, -0.1) is 0 Å². The predicted octanol–water partition coefficient (Wildman–Crippen LogP) is 2.02. The molecule has 1 aromatic heterocycles. The van der Waals surface area contributed by atoms with Gasteiger partial charge in [0.05, 0.1) is 0 Å². The molecule has 0 saturated heterocycles. The normalized spacial score (nSPS) is 18.9. The first kappa shape index (κ1) is 18.1. The second-order valence-corrected chi connectivity index (χ2v) is 7.63. The van der Waals surface area contributed by atoms with E-state index in [2.05, 4.69) is 25.4 Å². The Morgan fingerprint density at radius 2 is 2.04 bits per heavy atom. The lowest BCUT2D eigenvalue weighted by atomic mass is 10.1. The van der Waals surface area contributed by atoms with E-state index in [4.69, 9.17) is 12.2 Å². The molecule has 3 rings (SSSR count). The summed E-state index contributed by atoms with van der Waals surface area (Å²) in [6, 6.07) is 0.330. The maximum atomic E-state index is 12.1. The molecule has 1 unspecified atom stereocenters. The highest BCUT2D eigenvalue weighted by molar-refractivity contribution is 7.71. The Morgan fingerprint density at radius 1 is 1.32 bits per heavy atom. The Kier molecular flexibility index (Phi) is 5.88. The first-order chi connectivity index (χ1) is 12.0. The van der Waals surface area contributed by atoms with Gasteiger partial charge in [-0.3, -0.25) is 14.7 Å². The van der Waals surface area contributed by atoms with Crippen molar-refractivity contribution >= 4 is 24.0 Å². The monoisotopic (exact) mass is 365 g/mol. The molecule has 1 heterocycles. The van der Waals surface area contributed by atoms with Gasteiger partial charge in [0.25, 0.3) is 0 Å². The number of rotatable bonds is 8. The number of amides is 2. The molecule has 8 heteroatoms. The number of nitrogens with zero attached hydrogens (tertiary/aromatic N) is 2. The van der Waals surface area contributed by atoms with Crippen molar-refractivity contribution in [1.29, 1.82) is 0 Å². The Hall–Kier alpha value is -1.70. The number of hydrogen-bond acceptors (Lipinski definition) is 4. The van der Waals surface area contributed by atoms with E-state index >= 15 is 0 Å². The highest BCUT2D eigenvalue weighted by Crippen LogP contribution is 2.35. The van der Waals surface area contributed by atoms with Gasteiger partial charge in [-0.2, -0.15) is 5.10 Å². The minimum atomic E-state index is -0.144. The largest absolute Gasteiger partial charge is 0.356 e. The van der Waals surface area contributed by atoms with E-state index in [1.54, 1.807) is 0 Å². The molecule has 2 saturated carbocycles. The maximum Gasteiger partial charge on any atom is 0.223 e. The average molecular weight is 366 g/mol. The molecular weight excluding hydrogens is 338 g/mol. The Balaban J connectivity index is 1.37. The minimum Gasteiger partial charge on any atom is -0.356 e. The van der Waals surface area contributed by atoms with Crippen molar-refractivity contribution in [1.82, 2.24) is 25.4 Å². The first-order valence-electron chi connectivity index (χ1n) is 9.27. The summed E-state index contributed by atoms with van der Waals surface area (Å²) < 4.78 is 2.72. The number of carbonyl (C=O) groups is 2. The van der Waals surface area contributed by atoms with E-state index in [1.165, 1.54) is 0 Å². The van der Waals surface area contributed by atoms with E-state index in [-0.39, 0.29) is 23.8 Å². The summed E-state index contributed by atoms with van der Waals surface area (Å²) in [5.74, 6) is 1.08. The Bertz CT molecular complexity index is 673. The zero-order valence-corrected chi connectivity index (χ0v) is 15.5. The summed E-state index contributed by atoms with van der Waals surface area (Å²) in [6.45, 7) is 2.40. The molecule has 0 spiro atoms. The molecule has 3 N–H and O–H groups in total. The highest BCUT2D eigenvalue weighted by atomic mass is 32.1. The minimum absolute atomic E-state index is 0.0497. The molecule has 1 atom stereocenters. The van der Waals surface area contributed by atoms with Gasteiger partial charge in [0.1, 0.15) is 5.82 Å². The second kappa shape index (κ2) is 8.12. The van der Waals surface area contributed by atoms with Gasteiger partial charge in [-0.05, 0) is 44.8 Å². The number of aromatic amines is 1. The molecule has 0 bridgehead atoms. The van der Waals surface area contributed by atoms with Crippen molar-refractivity contribution in [3.8, 4) is 0 Å². The van der Waals surface area contributed by atoms with Crippen LogP contribution in [0.2, 0.25) is 0 Å². The van der Waals surface area contributed by atoms with Gasteiger partial charge in [0, 0.05) is 37.4 Å². The fraction of sp³-hybridized carbons (Fsp3) is 0.765. The molecular formula is C17H27N5O2S. The lowest BCUT2D eigenvalue weighted by Gasteiger charge is -2.16. The number of H-pyrrole nitrogens is 1. The van der Waals surface area contributed by atoms with Crippen LogP contribution in [0.15, 0.2) is 0 Å². The molecule has 7 nitrogen and oxygen atoms in total. The van der Waals surface area contributed by atoms with Crippen LogP contribution < -0.4 is 10.6 Å². The molecule has 138 valence electrons. The van der Waals surface area contributed by atoms with E-state index in [0.717, 1.165) is 44.3 Å². The quantitative estimate of drug-likeness (QED) is 0.615. The van der Waals surface area contributed by atoms with Crippen LogP contribution in [0, 0.1) is 10.7 Å². The van der Waals surface area contributed by atoms with E-state index in [9.17, 15) is 9.59 Å². The molecule has 25 heavy (non-hydrogen) atoms. The lowest BCUT2D eigenvalue weighted by Crippen LogP contribution is -2.40. The van der Waals surface area contributed by atoms with Crippen molar-refractivity contribution in [2.24, 2.45) is 5.92 Å².